The maximum absolute atomic E-state index is 6.20. The quantitative estimate of drug-likeness (QED) is 0.885. The number of aryl methyl sites for hydroxylation is 2. The van der Waals surface area contributed by atoms with Crippen LogP contribution in [-0.2, 0) is 12.8 Å². The van der Waals surface area contributed by atoms with Crippen molar-refractivity contribution in [2.24, 2.45) is 5.73 Å². The van der Waals surface area contributed by atoms with Crippen molar-refractivity contribution < 1.29 is 0 Å². The van der Waals surface area contributed by atoms with Crippen LogP contribution in [0.2, 0.25) is 0 Å². The molecular weight excluding hydrogens is 220 g/mol. The van der Waals surface area contributed by atoms with E-state index in [-0.39, 0.29) is 5.54 Å². The number of hydrogen-bond donors (Lipinski definition) is 1. The number of nitrogens with zero attached hydrogens (tertiary/aromatic N) is 1. The van der Waals surface area contributed by atoms with Gasteiger partial charge in [-0.2, -0.15) is 0 Å². The normalized spacial score (nSPS) is 17.0. The Hall–Kier alpha value is -0.860. The first-order valence-electron chi connectivity index (χ1n) is 6.94. The van der Waals surface area contributed by atoms with E-state index < -0.39 is 0 Å². The first kappa shape index (κ1) is 13.6. The molecule has 2 heteroatoms. The lowest BCUT2D eigenvalue weighted by molar-refractivity contribution is 0.243. The van der Waals surface area contributed by atoms with Crippen LogP contribution in [0.25, 0.3) is 0 Å². The zero-order chi connectivity index (χ0) is 13.3. The fourth-order valence-corrected chi connectivity index (χ4v) is 2.90. The molecule has 1 unspecified atom stereocenters. The maximum Gasteiger partial charge on any atom is 0.0359 e. The predicted octanol–water partition coefficient (Wildman–Crippen LogP) is 2.91. The highest BCUT2D eigenvalue weighted by molar-refractivity contribution is 5.36. The van der Waals surface area contributed by atoms with Crippen LogP contribution in [0.5, 0.6) is 0 Å². The van der Waals surface area contributed by atoms with Gasteiger partial charge in [0.05, 0.1) is 0 Å². The van der Waals surface area contributed by atoms with Crippen molar-refractivity contribution in [3.8, 4) is 0 Å². The van der Waals surface area contributed by atoms with Gasteiger partial charge in [0.1, 0.15) is 0 Å². The minimum absolute atomic E-state index is 0.131. The molecule has 0 bridgehead atoms. The highest BCUT2D eigenvalue weighted by Crippen LogP contribution is 2.31. The van der Waals surface area contributed by atoms with Gasteiger partial charge >= 0.3 is 0 Å². The Labute approximate surface area is 111 Å². The van der Waals surface area contributed by atoms with Crippen molar-refractivity contribution in [3.63, 3.8) is 0 Å². The van der Waals surface area contributed by atoms with Crippen LogP contribution in [0, 0.1) is 0 Å². The fourth-order valence-electron chi connectivity index (χ4n) is 2.90. The minimum Gasteiger partial charge on any atom is -0.325 e. The van der Waals surface area contributed by atoms with E-state index in [9.17, 15) is 0 Å². The standard InChI is InChI=1S/C16H26N2/c1-16(2,17)11-15(18(3)4)14-9-8-12-6-5-7-13(12)10-14/h8-10,15H,5-7,11,17H2,1-4H3. The molecule has 1 aliphatic rings. The van der Waals surface area contributed by atoms with Crippen molar-refractivity contribution in [2.45, 2.75) is 51.1 Å². The number of hydrogen-bond acceptors (Lipinski definition) is 2. The summed E-state index contributed by atoms with van der Waals surface area (Å²) < 4.78 is 0. The van der Waals surface area contributed by atoms with Gasteiger partial charge in [-0.3, -0.25) is 0 Å². The summed E-state index contributed by atoms with van der Waals surface area (Å²) >= 11 is 0. The Morgan fingerprint density at radius 1 is 1.22 bits per heavy atom. The Bertz CT molecular complexity index is 416. The molecule has 0 spiro atoms. The second-order valence-electron chi connectivity index (χ2n) is 6.55. The molecule has 2 rings (SSSR count). The maximum atomic E-state index is 6.20. The lowest BCUT2D eigenvalue weighted by atomic mass is 9.90. The van der Waals surface area contributed by atoms with Crippen LogP contribution in [0.1, 0.15) is 49.4 Å². The van der Waals surface area contributed by atoms with Crippen LogP contribution in [0.4, 0.5) is 0 Å². The average molecular weight is 246 g/mol. The van der Waals surface area contributed by atoms with Gasteiger partial charge in [-0.15, -0.1) is 0 Å². The first-order chi connectivity index (χ1) is 8.37. The highest BCUT2D eigenvalue weighted by Gasteiger charge is 2.23. The molecule has 1 aliphatic carbocycles. The molecule has 2 nitrogen and oxygen atoms in total. The van der Waals surface area contributed by atoms with Crippen LogP contribution in [-0.4, -0.2) is 24.5 Å². The second-order valence-corrected chi connectivity index (χ2v) is 6.55. The lowest BCUT2D eigenvalue weighted by Crippen LogP contribution is -2.37. The van der Waals surface area contributed by atoms with E-state index in [0.29, 0.717) is 6.04 Å². The summed E-state index contributed by atoms with van der Waals surface area (Å²) in [6.07, 6.45) is 4.80. The largest absolute Gasteiger partial charge is 0.325 e. The Morgan fingerprint density at radius 2 is 1.89 bits per heavy atom. The van der Waals surface area contributed by atoms with Crippen molar-refractivity contribution in [3.05, 3.63) is 34.9 Å². The predicted molar refractivity (Wildman–Crippen MR) is 77.8 cm³/mol. The molecule has 18 heavy (non-hydrogen) atoms. The van der Waals surface area contributed by atoms with Crippen LogP contribution in [0.15, 0.2) is 18.2 Å². The molecular formula is C16H26N2. The summed E-state index contributed by atoms with van der Waals surface area (Å²) in [5, 5.41) is 0. The summed E-state index contributed by atoms with van der Waals surface area (Å²) in [7, 11) is 4.28. The molecule has 0 radical (unpaired) electrons. The molecule has 1 aromatic rings. The van der Waals surface area contributed by atoms with Crippen LogP contribution < -0.4 is 5.73 Å². The molecule has 0 saturated heterocycles. The van der Waals surface area contributed by atoms with Crippen LogP contribution >= 0.6 is 0 Å². The van der Waals surface area contributed by atoms with E-state index in [2.05, 4.69) is 51.0 Å². The molecule has 0 amide bonds. The number of rotatable bonds is 4. The highest BCUT2D eigenvalue weighted by atomic mass is 15.1. The molecule has 0 fully saturated rings. The zero-order valence-electron chi connectivity index (χ0n) is 12.2. The monoisotopic (exact) mass is 246 g/mol. The number of fused-ring (bicyclic) bond motifs is 1. The summed E-state index contributed by atoms with van der Waals surface area (Å²) in [6.45, 7) is 4.22. The third-order valence-electron chi connectivity index (χ3n) is 3.85. The van der Waals surface area contributed by atoms with Crippen molar-refractivity contribution in [1.29, 1.82) is 0 Å². The zero-order valence-corrected chi connectivity index (χ0v) is 12.2. The average Bonchev–Trinajstić information content (AvgIpc) is 2.71. The van der Waals surface area contributed by atoms with Gasteiger partial charge in [0.15, 0.2) is 0 Å². The van der Waals surface area contributed by atoms with Crippen molar-refractivity contribution in [1.82, 2.24) is 4.90 Å². The summed E-state index contributed by atoms with van der Waals surface area (Å²) in [6, 6.07) is 7.42. The minimum atomic E-state index is -0.131. The molecule has 1 aromatic carbocycles. The second kappa shape index (κ2) is 5.02. The van der Waals surface area contributed by atoms with Gasteiger partial charge in [0.2, 0.25) is 0 Å². The molecule has 100 valence electrons. The van der Waals surface area contributed by atoms with E-state index >= 15 is 0 Å². The topological polar surface area (TPSA) is 29.3 Å². The van der Waals surface area contributed by atoms with Crippen molar-refractivity contribution in [2.75, 3.05) is 14.1 Å². The van der Waals surface area contributed by atoms with E-state index in [4.69, 9.17) is 5.73 Å². The summed E-state index contributed by atoms with van der Waals surface area (Å²) in [5.41, 5.74) is 10.6. The third kappa shape index (κ3) is 3.12. The molecule has 2 N–H and O–H groups in total. The molecule has 0 aliphatic heterocycles. The van der Waals surface area contributed by atoms with Gasteiger partial charge in [0.25, 0.3) is 0 Å². The third-order valence-corrected chi connectivity index (χ3v) is 3.85. The summed E-state index contributed by atoms with van der Waals surface area (Å²) in [4.78, 5) is 2.28. The van der Waals surface area contributed by atoms with Gasteiger partial charge in [-0.05, 0) is 70.3 Å². The molecule has 1 atom stereocenters. The Morgan fingerprint density at radius 3 is 2.50 bits per heavy atom. The Kier molecular flexibility index (Phi) is 3.79. The van der Waals surface area contributed by atoms with E-state index in [1.165, 1.54) is 24.8 Å². The Balaban J connectivity index is 2.26. The molecule has 0 heterocycles. The van der Waals surface area contributed by atoms with Gasteiger partial charge in [-0.1, -0.05) is 18.2 Å². The summed E-state index contributed by atoms with van der Waals surface area (Å²) in [5.74, 6) is 0. The fraction of sp³-hybridized carbons (Fsp3) is 0.625. The van der Waals surface area contributed by atoms with Gasteiger partial charge in [-0.25, -0.2) is 0 Å². The lowest BCUT2D eigenvalue weighted by Gasteiger charge is -2.31. The molecule has 0 saturated carbocycles. The SMILES string of the molecule is CN(C)C(CC(C)(C)N)c1ccc2c(c1)CCC2. The smallest absolute Gasteiger partial charge is 0.0359 e. The number of nitrogens with two attached hydrogens (primary N) is 1. The van der Waals surface area contributed by atoms with Gasteiger partial charge in [0, 0.05) is 11.6 Å². The van der Waals surface area contributed by atoms with Crippen LogP contribution in [0.3, 0.4) is 0 Å². The molecule has 0 aromatic heterocycles. The first-order valence-corrected chi connectivity index (χ1v) is 6.94. The van der Waals surface area contributed by atoms with Gasteiger partial charge < -0.3 is 10.6 Å². The van der Waals surface area contributed by atoms with E-state index in [1.807, 2.05) is 0 Å². The number of benzene rings is 1. The van der Waals surface area contributed by atoms with E-state index in [0.717, 1.165) is 6.42 Å². The van der Waals surface area contributed by atoms with E-state index in [1.54, 1.807) is 11.1 Å². The van der Waals surface area contributed by atoms with Crippen molar-refractivity contribution >= 4 is 0 Å².